The smallest absolute Gasteiger partial charge is 0.188 e. The van der Waals surface area contributed by atoms with Crippen molar-refractivity contribution >= 4 is 11.6 Å². The Morgan fingerprint density at radius 3 is 2.83 bits per heavy atom. The zero-order valence-electron chi connectivity index (χ0n) is 6.51. The highest BCUT2D eigenvalue weighted by Crippen LogP contribution is 2.20. The maximum atomic E-state index is 12.8. The summed E-state index contributed by atoms with van der Waals surface area (Å²) in [6.45, 7) is 0.0983. The molecule has 0 aliphatic heterocycles. The van der Waals surface area contributed by atoms with Crippen molar-refractivity contribution in [2.75, 3.05) is 13.9 Å². The van der Waals surface area contributed by atoms with Gasteiger partial charge in [-0.25, -0.2) is 4.39 Å². The molecule has 0 N–H and O–H groups in total. The molecule has 0 fully saturated rings. The Labute approximate surface area is 74.9 Å². The van der Waals surface area contributed by atoms with Gasteiger partial charge in [0.15, 0.2) is 6.79 Å². The van der Waals surface area contributed by atoms with Crippen LogP contribution in [0, 0.1) is 5.82 Å². The van der Waals surface area contributed by atoms with E-state index in [9.17, 15) is 4.39 Å². The van der Waals surface area contributed by atoms with E-state index < -0.39 is 5.82 Å². The van der Waals surface area contributed by atoms with E-state index in [2.05, 4.69) is 4.74 Å². The molecule has 4 heteroatoms. The van der Waals surface area contributed by atoms with Gasteiger partial charge in [0.1, 0.15) is 11.6 Å². The molecule has 1 aromatic carbocycles. The molecule has 0 bridgehead atoms. The van der Waals surface area contributed by atoms with Crippen LogP contribution in [0.5, 0.6) is 5.75 Å². The quantitative estimate of drug-likeness (QED) is 0.682. The van der Waals surface area contributed by atoms with Crippen LogP contribution >= 0.6 is 11.6 Å². The van der Waals surface area contributed by atoms with E-state index in [1.54, 1.807) is 6.07 Å². The van der Waals surface area contributed by atoms with Gasteiger partial charge in [0.05, 0.1) is 5.02 Å². The molecule has 0 unspecified atom stereocenters. The lowest BCUT2D eigenvalue weighted by Crippen LogP contribution is -1.98. The van der Waals surface area contributed by atoms with E-state index in [4.69, 9.17) is 16.3 Å². The Kier molecular flexibility index (Phi) is 3.31. The first kappa shape index (κ1) is 9.29. The zero-order chi connectivity index (χ0) is 8.97. The number of methoxy groups -OCH3 is 1. The van der Waals surface area contributed by atoms with Crippen molar-refractivity contribution in [2.45, 2.75) is 0 Å². The number of benzene rings is 1. The van der Waals surface area contributed by atoms with Crippen molar-refractivity contribution in [3.8, 4) is 5.75 Å². The van der Waals surface area contributed by atoms with Gasteiger partial charge in [-0.1, -0.05) is 11.6 Å². The Morgan fingerprint density at radius 2 is 2.25 bits per heavy atom. The number of halogens is 2. The van der Waals surface area contributed by atoms with Gasteiger partial charge in [-0.3, -0.25) is 0 Å². The van der Waals surface area contributed by atoms with E-state index in [0.717, 1.165) is 0 Å². The predicted molar refractivity (Wildman–Crippen MR) is 43.9 cm³/mol. The van der Waals surface area contributed by atoms with Gasteiger partial charge in [-0.05, 0) is 12.1 Å². The van der Waals surface area contributed by atoms with Crippen LogP contribution in [-0.4, -0.2) is 13.9 Å². The maximum Gasteiger partial charge on any atom is 0.188 e. The summed E-state index contributed by atoms with van der Waals surface area (Å²) in [5.41, 5.74) is 0. The maximum absolute atomic E-state index is 12.8. The normalized spacial score (nSPS) is 9.92. The lowest BCUT2D eigenvalue weighted by atomic mass is 10.3. The summed E-state index contributed by atoms with van der Waals surface area (Å²) in [6.07, 6.45) is 0. The lowest BCUT2D eigenvalue weighted by molar-refractivity contribution is 0.0509. The van der Waals surface area contributed by atoms with Crippen molar-refractivity contribution in [3.63, 3.8) is 0 Å². The van der Waals surface area contributed by atoms with Crippen LogP contribution in [0.25, 0.3) is 0 Å². The fourth-order valence-electron chi connectivity index (χ4n) is 0.694. The largest absolute Gasteiger partial charge is 0.467 e. The first-order chi connectivity index (χ1) is 5.74. The standard InChI is InChI=1S/C8H8ClFO2/c1-11-5-12-6-2-3-7(9)8(10)4-6/h2-4H,5H2,1H3. The average molecular weight is 191 g/mol. The van der Waals surface area contributed by atoms with Gasteiger partial charge in [-0.2, -0.15) is 0 Å². The molecule has 0 saturated heterocycles. The van der Waals surface area contributed by atoms with Crippen LogP contribution in [0.1, 0.15) is 0 Å². The molecule has 0 atom stereocenters. The fourth-order valence-corrected chi connectivity index (χ4v) is 0.811. The van der Waals surface area contributed by atoms with Crippen LogP contribution < -0.4 is 4.74 Å². The average Bonchev–Trinajstić information content (AvgIpc) is 2.07. The molecular formula is C8H8ClFO2. The zero-order valence-corrected chi connectivity index (χ0v) is 7.27. The van der Waals surface area contributed by atoms with Crippen LogP contribution in [0.15, 0.2) is 18.2 Å². The molecule has 0 saturated carbocycles. The predicted octanol–water partition coefficient (Wildman–Crippen LogP) is 2.46. The van der Waals surface area contributed by atoms with Crippen LogP contribution in [-0.2, 0) is 4.74 Å². The molecule has 0 radical (unpaired) electrons. The minimum absolute atomic E-state index is 0.0831. The summed E-state index contributed by atoms with van der Waals surface area (Å²) in [6, 6.07) is 4.22. The topological polar surface area (TPSA) is 18.5 Å². The minimum Gasteiger partial charge on any atom is -0.467 e. The number of hydrogen-bond donors (Lipinski definition) is 0. The van der Waals surface area contributed by atoms with E-state index in [1.165, 1.54) is 19.2 Å². The van der Waals surface area contributed by atoms with Crippen molar-refractivity contribution in [1.29, 1.82) is 0 Å². The molecule has 0 spiro atoms. The summed E-state index contributed by atoms with van der Waals surface area (Å²) in [4.78, 5) is 0. The highest BCUT2D eigenvalue weighted by Gasteiger charge is 2.00. The van der Waals surface area contributed by atoms with E-state index in [1.807, 2.05) is 0 Å². The van der Waals surface area contributed by atoms with Crippen molar-refractivity contribution in [1.82, 2.24) is 0 Å². The van der Waals surface area contributed by atoms with E-state index >= 15 is 0 Å². The third-order valence-corrected chi connectivity index (χ3v) is 1.54. The molecule has 2 nitrogen and oxygen atoms in total. The first-order valence-electron chi connectivity index (χ1n) is 3.31. The van der Waals surface area contributed by atoms with Gasteiger partial charge in [-0.15, -0.1) is 0 Å². The summed E-state index contributed by atoms with van der Waals surface area (Å²) in [5, 5.41) is 0.0831. The Bertz CT molecular complexity index is 265. The molecular weight excluding hydrogens is 183 g/mol. The number of rotatable bonds is 3. The first-order valence-corrected chi connectivity index (χ1v) is 3.68. The Balaban J connectivity index is 2.69. The van der Waals surface area contributed by atoms with Crippen LogP contribution in [0.2, 0.25) is 5.02 Å². The highest BCUT2D eigenvalue weighted by atomic mass is 35.5. The molecule has 0 aromatic heterocycles. The second-order valence-corrected chi connectivity index (χ2v) is 2.53. The second kappa shape index (κ2) is 4.28. The SMILES string of the molecule is COCOc1ccc(Cl)c(F)c1. The van der Waals surface area contributed by atoms with Gasteiger partial charge >= 0.3 is 0 Å². The molecule has 0 aliphatic rings. The fraction of sp³-hybridized carbons (Fsp3) is 0.250. The molecule has 0 amide bonds. The summed E-state index contributed by atoms with van der Waals surface area (Å²) in [5.74, 6) is -0.0935. The monoisotopic (exact) mass is 190 g/mol. The van der Waals surface area contributed by atoms with Gasteiger partial charge in [0.2, 0.25) is 0 Å². The third kappa shape index (κ3) is 2.36. The number of hydrogen-bond acceptors (Lipinski definition) is 2. The van der Waals surface area contributed by atoms with Crippen LogP contribution in [0.3, 0.4) is 0 Å². The molecule has 0 aliphatic carbocycles. The summed E-state index contributed by atoms with van der Waals surface area (Å²) < 4.78 is 22.4. The van der Waals surface area contributed by atoms with Gasteiger partial charge < -0.3 is 9.47 Å². The molecule has 1 rings (SSSR count). The van der Waals surface area contributed by atoms with Gasteiger partial charge in [0.25, 0.3) is 0 Å². The van der Waals surface area contributed by atoms with Crippen molar-refractivity contribution in [3.05, 3.63) is 29.0 Å². The van der Waals surface area contributed by atoms with E-state index in [0.29, 0.717) is 5.75 Å². The number of ether oxygens (including phenoxy) is 2. The molecule has 66 valence electrons. The summed E-state index contributed by atoms with van der Waals surface area (Å²) in [7, 11) is 1.49. The van der Waals surface area contributed by atoms with Crippen LogP contribution in [0.4, 0.5) is 4.39 Å². The van der Waals surface area contributed by atoms with E-state index in [-0.39, 0.29) is 11.8 Å². The second-order valence-electron chi connectivity index (χ2n) is 2.13. The van der Waals surface area contributed by atoms with Crippen molar-refractivity contribution < 1.29 is 13.9 Å². The molecule has 12 heavy (non-hydrogen) atoms. The Hall–Kier alpha value is -0.800. The Morgan fingerprint density at radius 1 is 1.50 bits per heavy atom. The van der Waals surface area contributed by atoms with Gasteiger partial charge in [0, 0.05) is 13.2 Å². The molecule has 0 heterocycles. The molecule has 1 aromatic rings. The third-order valence-electron chi connectivity index (χ3n) is 1.23. The lowest BCUT2D eigenvalue weighted by Gasteiger charge is -2.04. The minimum atomic E-state index is -0.495. The summed E-state index contributed by atoms with van der Waals surface area (Å²) >= 11 is 5.45. The van der Waals surface area contributed by atoms with Crippen molar-refractivity contribution in [2.24, 2.45) is 0 Å². The highest BCUT2D eigenvalue weighted by molar-refractivity contribution is 6.30.